The lowest BCUT2D eigenvalue weighted by atomic mass is 10.00. The van der Waals surface area contributed by atoms with Crippen LogP contribution in [0.4, 0.5) is 17.6 Å². The predicted molar refractivity (Wildman–Crippen MR) is 75.0 cm³/mol. The Bertz CT molecular complexity index is 400. The van der Waals surface area contributed by atoms with E-state index in [9.17, 15) is 17.6 Å². The van der Waals surface area contributed by atoms with Crippen molar-refractivity contribution in [3.8, 4) is 0 Å². The van der Waals surface area contributed by atoms with E-state index in [0.29, 0.717) is 16.6 Å². The van der Waals surface area contributed by atoms with Crippen LogP contribution in [-0.2, 0) is 0 Å². The van der Waals surface area contributed by atoms with E-state index in [-0.39, 0.29) is 12.8 Å². The smallest absolute Gasteiger partial charge is 0.310 e. The zero-order valence-corrected chi connectivity index (χ0v) is 12.8. The maximum Gasteiger partial charge on any atom is 0.389 e. The molecule has 0 fully saturated rings. The largest absolute Gasteiger partial charge is 0.389 e. The highest BCUT2D eigenvalue weighted by molar-refractivity contribution is 9.10. The van der Waals surface area contributed by atoms with Gasteiger partial charge in [-0.1, -0.05) is 28.9 Å². The number of rotatable bonds is 7. The highest BCUT2D eigenvalue weighted by Crippen LogP contribution is 2.31. The number of nitrogens with one attached hydrogen (secondary N) is 1. The third-order valence-electron chi connectivity index (χ3n) is 2.94. The normalized spacial score (nSPS) is 13.5. The van der Waals surface area contributed by atoms with E-state index < -0.39 is 24.5 Å². The molecule has 1 atom stereocenters. The third kappa shape index (κ3) is 5.79. The van der Waals surface area contributed by atoms with Gasteiger partial charge >= 0.3 is 6.18 Å². The molecule has 6 heteroatoms. The highest BCUT2D eigenvalue weighted by atomic mass is 79.9. The Labute approximate surface area is 124 Å². The molecule has 1 unspecified atom stereocenters. The molecule has 0 saturated heterocycles. The van der Waals surface area contributed by atoms with Gasteiger partial charge in [-0.2, -0.15) is 13.2 Å². The summed E-state index contributed by atoms with van der Waals surface area (Å²) in [5, 5.41) is 3.12. The Morgan fingerprint density at radius 3 is 2.55 bits per heavy atom. The summed E-state index contributed by atoms with van der Waals surface area (Å²) in [6.45, 7) is 2.59. The fraction of sp³-hybridized carbons (Fsp3) is 0.571. The summed E-state index contributed by atoms with van der Waals surface area (Å²) in [6.07, 6.45) is -3.95. The van der Waals surface area contributed by atoms with E-state index in [1.165, 1.54) is 6.07 Å². The molecule has 20 heavy (non-hydrogen) atoms. The molecule has 1 nitrogen and oxygen atoms in total. The van der Waals surface area contributed by atoms with Crippen LogP contribution in [0.2, 0.25) is 0 Å². The summed E-state index contributed by atoms with van der Waals surface area (Å²) < 4.78 is 51.1. The highest BCUT2D eigenvalue weighted by Gasteiger charge is 2.27. The summed E-state index contributed by atoms with van der Waals surface area (Å²) in [4.78, 5) is 0. The molecule has 0 aliphatic carbocycles. The average molecular weight is 356 g/mol. The standard InChI is InChI=1S/C14H18BrF4N/c1-2-9-20-12(7-4-8-14(17,18)19)13-10(15)5-3-6-11(13)16/h3,5-6,12,20H,2,4,7-9H2,1H3. The first-order valence-electron chi connectivity index (χ1n) is 6.59. The van der Waals surface area contributed by atoms with Crippen LogP contribution in [0.1, 0.15) is 44.2 Å². The van der Waals surface area contributed by atoms with Gasteiger partial charge in [0.2, 0.25) is 0 Å². The van der Waals surface area contributed by atoms with Crippen molar-refractivity contribution in [1.82, 2.24) is 5.32 Å². The molecule has 1 rings (SSSR count). The SMILES string of the molecule is CCCNC(CCCC(F)(F)F)c1c(F)cccc1Br. The van der Waals surface area contributed by atoms with Crippen molar-refractivity contribution in [2.45, 2.75) is 44.8 Å². The van der Waals surface area contributed by atoms with Gasteiger partial charge < -0.3 is 5.32 Å². The summed E-state index contributed by atoms with van der Waals surface area (Å²) in [5.41, 5.74) is 0.406. The second-order valence-corrected chi connectivity index (χ2v) is 5.50. The van der Waals surface area contributed by atoms with Crippen LogP contribution in [-0.4, -0.2) is 12.7 Å². The molecule has 0 spiro atoms. The van der Waals surface area contributed by atoms with E-state index in [0.717, 1.165) is 6.42 Å². The molecule has 1 aromatic carbocycles. The summed E-state index contributed by atoms with van der Waals surface area (Å²) >= 11 is 3.27. The summed E-state index contributed by atoms with van der Waals surface area (Å²) in [5.74, 6) is -0.403. The molecule has 0 aliphatic rings. The zero-order chi connectivity index (χ0) is 15.2. The molecule has 0 aromatic heterocycles. The number of halogens is 5. The minimum absolute atomic E-state index is 0.0222. The maximum absolute atomic E-state index is 13.9. The van der Waals surface area contributed by atoms with Crippen LogP contribution in [0.25, 0.3) is 0 Å². The van der Waals surface area contributed by atoms with Crippen molar-refractivity contribution in [2.75, 3.05) is 6.54 Å². The van der Waals surface area contributed by atoms with Crippen molar-refractivity contribution in [3.05, 3.63) is 34.1 Å². The van der Waals surface area contributed by atoms with Gasteiger partial charge in [0.15, 0.2) is 0 Å². The fourth-order valence-corrected chi connectivity index (χ4v) is 2.64. The Kier molecular flexibility index (Phi) is 6.95. The Balaban J connectivity index is 2.78. The third-order valence-corrected chi connectivity index (χ3v) is 3.63. The van der Waals surface area contributed by atoms with E-state index in [1.54, 1.807) is 12.1 Å². The van der Waals surface area contributed by atoms with Crippen LogP contribution < -0.4 is 5.32 Å². The van der Waals surface area contributed by atoms with Crippen LogP contribution in [0.3, 0.4) is 0 Å². The van der Waals surface area contributed by atoms with Gasteiger partial charge in [-0.15, -0.1) is 0 Å². The summed E-state index contributed by atoms with van der Waals surface area (Å²) in [6, 6.07) is 4.18. The van der Waals surface area contributed by atoms with E-state index >= 15 is 0 Å². The molecule has 114 valence electrons. The second kappa shape index (κ2) is 7.98. The van der Waals surface area contributed by atoms with Crippen LogP contribution in [0.15, 0.2) is 22.7 Å². The van der Waals surface area contributed by atoms with Crippen LogP contribution >= 0.6 is 15.9 Å². The molecule has 0 aliphatic heterocycles. The molecule has 1 aromatic rings. The molecular formula is C14H18BrF4N. The molecule has 0 amide bonds. The lowest BCUT2D eigenvalue weighted by Crippen LogP contribution is -2.24. The first-order chi connectivity index (χ1) is 9.35. The fourth-order valence-electron chi connectivity index (χ4n) is 2.02. The van der Waals surface area contributed by atoms with Crippen molar-refractivity contribution in [2.24, 2.45) is 0 Å². The van der Waals surface area contributed by atoms with E-state index in [2.05, 4.69) is 21.2 Å². The van der Waals surface area contributed by atoms with Crippen molar-refractivity contribution in [1.29, 1.82) is 0 Å². The van der Waals surface area contributed by atoms with Crippen LogP contribution in [0, 0.1) is 5.82 Å². The van der Waals surface area contributed by atoms with E-state index in [4.69, 9.17) is 0 Å². The van der Waals surface area contributed by atoms with E-state index in [1.807, 2.05) is 6.92 Å². The lowest BCUT2D eigenvalue weighted by molar-refractivity contribution is -0.135. The van der Waals surface area contributed by atoms with Gasteiger partial charge in [-0.3, -0.25) is 0 Å². The van der Waals surface area contributed by atoms with Gasteiger partial charge in [0, 0.05) is 22.5 Å². The number of alkyl halides is 3. The first kappa shape index (κ1) is 17.4. The molecule has 0 saturated carbocycles. The number of benzene rings is 1. The van der Waals surface area contributed by atoms with Gasteiger partial charge in [-0.25, -0.2) is 4.39 Å². The topological polar surface area (TPSA) is 12.0 Å². The summed E-state index contributed by atoms with van der Waals surface area (Å²) in [7, 11) is 0. The van der Waals surface area contributed by atoms with Gasteiger partial charge in [0.1, 0.15) is 5.82 Å². The van der Waals surface area contributed by atoms with Gasteiger partial charge in [0.25, 0.3) is 0 Å². The molecule has 0 bridgehead atoms. The molecule has 0 heterocycles. The molecular weight excluding hydrogens is 338 g/mol. The van der Waals surface area contributed by atoms with Gasteiger partial charge in [0.05, 0.1) is 0 Å². The lowest BCUT2D eigenvalue weighted by Gasteiger charge is -2.21. The average Bonchev–Trinajstić information content (AvgIpc) is 2.33. The zero-order valence-electron chi connectivity index (χ0n) is 11.2. The number of hydrogen-bond acceptors (Lipinski definition) is 1. The minimum Gasteiger partial charge on any atom is -0.310 e. The monoisotopic (exact) mass is 355 g/mol. The van der Waals surface area contributed by atoms with Crippen molar-refractivity contribution in [3.63, 3.8) is 0 Å². The second-order valence-electron chi connectivity index (χ2n) is 4.65. The van der Waals surface area contributed by atoms with Crippen LogP contribution in [0.5, 0.6) is 0 Å². The quantitative estimate of drug-likeness (QED) is 0.649. The minimum atomic E-state index is -4.16. The van der Waals surface area contributed by atoms with Crippen molar-refractivity contribution >= 4 is 15.9 Å². The van der Waals surface area contributed by atoms with Crippen molar-refractivity contribution < 1.29 is 17.6 Å². The predicted octanol–water partition coefficient (Wildman–Crippen LogP) is 5.36. The Morgan fingerprint density at radius 2 is 2.00 bits per heavy atom. The molecule has 0 radical (unpaired) electrons. The number of hydrogen-bond donors (Lipinski definition) is 1. The molecule has 1 N–H and O–H groups in total. The van der Waals surface area contributed by atoms with Gasteiger partial charge in [-0.05, 0) is 37.9 Å². The Hall–Kier alpha value is -0.620. The maximum atomic E-state index is 13.9. The Morgan fingerprint density at radius 1 is 1.30 bits per heavy atom. The first-order valence-corrected chi connectivity index (χ1v) is 7.38.